The van der Waals surface area contributed by atoms with Crippen molar-refractivity contribution in [3.63, 3.8) is 0 Å². The summed E-state index contributed by atoms with van der Waals surface area (Å²) in [6.45, 7) is 3.40. The van der Waals surface area contributed by atoms with Gasteiger partial charge in [0, 0.05) is 54.1 Å². The molecule has 4 aromatic rings. The highest BCUT2D eigenvalue weighted by atomic mass is 19.1. The average molecular weight is 379 g/mol. The average Bonchev–Trinajstić information content (AvgIpc) is 3.01. The lowest BCUT2D eigenvalue weighted by atomic mass is 10.1. The fourth-order valence-electron chi connectivity index (χ4n) is 3.37. The van der Waals surface area contributed by atoms with E-state index in [1.54, 1.807) is 12.4 Å². The highest BCUT2D eigenvalue weighted by Gasteiger charge is 2.12. The summed E-state index contributed by atoms with van der Waals surface area (Å²) in [6.07, 6.45) is 6.23. The number of hydrogen-bond acceptors (Lipinski definition) is 4. The van der Waals surface area contributed by atoms with Gasteiger partial charge in [-0.1, -0.05) is 19.1 Å². The van der Waals surface area contributed by atoms with Crippen LogP contribution in [0.5, 0.6) is 5.88 Å². The molecule has 0 amide bonds. The zero-order valence-corrected chi connectivity index (χ0v) is 16.0. The van der Waals surface area contributed by atoms with Crippen LogP contribution in [0.15, 0.2) is 48.9 Å². The highest BCUT2D eigenvalue weighted by molar-refractivity contribution is 6.08. The van der Waals surface area contributed by atoms with E-state index in [-0.39, 0.29) is 12.5 Å². The Morgan fingerprint density at radius 3 is 2.68 bits per heavy atom. The topological polar surface area (TPSA) is 49.2 Å². The summed E-state index contributed by atoms with van der Waals surface area (Å²) in [5.41, 5.74) is 3.78. The number of nitrogens with zero attached hydrogens (tertiary/aromatic N) is 3. The molecule has 0 N–H and O–H groups in total. The Balaban J connectivity index is 1.60. The first-order valence-corrected chi connectivity index (χ1v) is 9.37. The van der Waals surface area contributed by atoms with Crippen LogP contribution < -0.4 is 4.74 Å². The number of halogens is 1. The molecular weight excluding hydrogens is 357 g/mol. The first kappa shape index (κ1) is 18.4. The van der Waals surface area contributed by atoms with Crippen LogP contribution in [0.1, 0.15) is 13.3 Å². The number of rotatable bonds is 7. The van der Waals surface area contributed by atoms with Gasteiger partial charge in [0.2, 0.25) is 5.88 Å². The Morgan fingerprint density at radius 1 is 0.964 bits per heavy atom. The molecule has 0 fully saturated rings. The van der Waals surface area contributed by atoms with E-state index in [1.165, 1.54) is 6.07 Å². The van der Waals surface area contributed by atoms with Crippen LogP contribution in [-0.2, 0) is 11.8 Å². The van der Waals surface area contributed by atoms with Crippen LogP contribution >= 0.6 is 0 Å². The van der Waals surface area contributed by atoms with Crippen molar-refractivity contribution in [3.05, 3.63) is 54.7 Å². The van der Waals surface area contributed by atoms with E-state index in [0.29, 0.717) is 18.8 Å². The lowest BCUT2D eigenvalue weighted by molar-refractivity contribution is 0.0974. The third-order valence-corrected chi connectivity index (χ3v) is 4.76. The summed E-state index contributed by atoms with van der Waals surface area (Å²) in [7, 11) is 2.02. The first-order valence-electron chi connectivity index (χ1n) is 9.37. The van der Waals surface area contributed by atoms with Gasteiger partial charge in [-0.3, -0.25) is 4.98 Å². The van der Waals surface area contributed by atoms with Crippen molar-refractivity contribution >= 4 is 21.8 Å². The van der Waals surface area contributed by atoms with E-state index in [1.807, 2.05) is 44.4 Å². The van der Waals surface area contributed by atoms with Crippen LogP contribution in [0, 0.1) is 5.82 Å². The molecule has 1 aromatic carbocycles. The predicted molar refractivity (Wildman–Crippen MR) is 108 cm³/mol. The zero-order chi connectivity index (χ0) is 19.5. The molecule has 28 heavy (non-hydrogen) atoms. The fourth-order valence-corrected chi connectivity index (χ4v) is 3.37. The molecule has 144 valence electrons. The minimum Gasteiger partial charge on any atom is -0.473 e. The maximum atomic E-state index is 14.4. The monoisotopic (exact) mass is 379 g/mol. The van der Waals surface area contributed by atoms with Gasteiger partial charge in [0.15, 0.2) is 5.82 Å². The van der Waals surface area contributed by atoms with Crippen molar-refractivity contribution in [2.45, 2.75) is 13.3 Å². The first-order chi connectivity index (χ1) is 13.7. The van der Waals surface area contributed by atoms with E-state index >= 15 is 0 Å². The van der Waals surface area contributed by atoms with Crippen molar-refractivity contribution in [2.24, 2.45) is 7.05 Å². The van der Waals surface area contributed by atoms with E-state index in [2.05, 4.69) is 14.5 Å². The van der Waals surface area contributed by atoms with E-state index in [4.69, 9.17) is 9.47 Å². The van der Waals surface area contributed by atoms with Crippen molar-refractivity contribution in [1.29, 1.82) is 0 Å². The molecular formula is C22H22FN3O2. The largest absolute Gasteiger partial charge is 0.473 e. The maximum Gasteiger partial charge on any atom is 0.250 e. The Labute approximate surface area is 162 Å². The minimum atomic E-state index is -0.477. The molecule has 3 heterocycles. The molecule has 0 radical (unpaired) electrons. The van der Waals surface area contributed by atoms with Gasteiger partial charge in [0.1, 0.15) is 6.61 Å². The maximum absolute atomic E-state index is 14.4. The van der Waals surface area contributed by atoms with Gasteiger partial charge in [-0.15, -0.1) is 0 Å². The third-order valence-electron chi connectivity index (χ3n) is 4.76. The number of fused-ring (bicyclic) bond motifs is 3. The molecule has 4 rings (SSSR count). The van der Waals surface area contributed by atoms with Crippen LogP contribution in [0.2, 0.25) is 0 Å². The molecule has 0 aliphatic heterocycles. The van der Waals surface area contributed by atoms with E-state index < -0.39 is 5.82 Å². The van der Waals surface area contributed by atoms with Crippen molar-refractivity contribution in [2.75, 3.05) is 19.8 Å². The number of pyridine rings is 2. The number of ether oxygens (including phenoxy) is 2. The molecule has 0 bridgehead atoms. The molecule has 0 unspecified atom stereocenters. The Kier molecular flexibility index (Phi) is 5.21. The van der Waals surface area contributed by atoms with Gasteiger partial charge in [-0.05, 0) is 30.2 Å². The van der Waals surface area contributed by atoms with Gasteiger partial charge in [-0.25, -0.2) is 9.37 Å². The van der Waals surface area contributed by atoms with Crippen molar-refractivity contribution in [3.8, 4) is 17.0 Å². The summed E-state index contributed by atoms with van der Waals surface area (Å²) in [6, 6.07) is 9.52. The molecule has 5 nitrogen and oxygen atoms in total. The molecule has 0 aliphatic rings. The number of aryl methyl sites for hydroxylation is 1. The number of hydrogen-bond donors (Lipinski definition) is 0. The van der Waals surface area contributed by atoms with E-state index in [9.17, 15) is 4.39 Å². The van der Waals surface area contributed by atoms with Crippen molar-refractivity contribution in [1.82, 2.24) is 14.5 Å². The lowest BCUT2D eigenvalue weighted by Gasteiger charge is -2.08. The van der Waals surface area contributed by atoms with Crippen molar-refractivity contribution < 1.29 is 13.9 Å². The standard InChI is InChI=1S/C22H22FN3O2/c1-3-8-27-9-10-28-22-19(23)11-16(13-25-22)15-4-5-17-18-14-24-7-6-20(18)26(2)21(17)12-15/h4-7,11-14H,3,8-10H2,1-2H3. The molecule has 6 heteroatoms. The molecule has 0 aliphatic carbocycles. The summed E-state index contributed by atoms with van der Waals surface area (Å²) in [4.78, 5) is 8.37. The highest BCUT2D eigenvalue weighted by Crippen LogP contribution is 2.31. The fraction of sp³-hybridized carbons (Fsp3) is 0.273. The Morgan fingerprint density at radius 2 is 1.86 bits per heavy atom. The van der Waals surface area contributed by atoms with Gasteiger partial charge in [-0.2, -0.15) is 0 Å². The predicted octanol–water partition coefficient (Wildman–Crippen LogP) is 4.73. The second-order valence-electron chi connectivity index (χ2n) is 6.66. The number of benzene rings is 1. The normalized spacial score (nSPS) is 11.4. The van der Waals surface area contributed by atoms with Gasteiger partial charge in [0.25, 0.3) is 0 Å². The summed E-state index contributed by atoms with van der Waals surface area (Å²) < 4.78 is 27.3. The van der Waals surface area contributed by atoms with Crippen LogP contribution in [-0.4, -0.2) is 34.4 Å². The molecule has 3 aromatic heterocycles. The lowest BCUT2D eigenvalue weighted by Crippen LogP contribution is -2.09. The third kappa shape index (κ3) is 3.43. The Hall–Kier alpha value is -2.99. The van der Waals surface area contributed by atoms with Gasteiger partial charge in [0.05, 0.1) is 12.1 Å². The molecule has 0 atom stereocenters. The minimum absolute atomic E-state index is 0.000561. The SMILES string of the molecule is CCCOCCOc1ncc(-c2ccc3c4cnccc4n(C)c3c2)cc1F. The smallest absolute Gasteiger partial charge is 0.250 e. The number of aromatic nitrogens is 3. The quantitative estimate of drug-likeness (QED) is 0.436. The summed E-state index contributed by atoms with van der Waals surface area (Å²) in [5.74, 6) is -0.477. The molecule has 0 spiro atoms. The van der Waals surface area contributed by atoms with E-state index in [0.717, 1.165) is 33.8 Å². The van der Waals surface area contributed by atoms with Gasteiger partial charge < -0.3 is 14.0 Å². The molecule has 0 saturated carbocycles. The van der Waals surface area contributed by atoms with Gasteiger partial charge >= 0.3 is 0 Å². The second-order valence-corrected chi connectivity index (χ2v) is 6.66. The Bertz CT molecular complexity index is 1120. The second kappa shape index (κ2) is 7.94. The van der Waals surface area contributed by atoms with Crippen LogP contribution in [0.25, 0.3) is 32.9 Å². The van der Waals surface area contributed by atoms with Crippen LogP contribution in [0.4, 0.5) is 4.39 Å². The summed E-state index contributed by atoms with van der Waals surface area (Å²) in [5, 5.41) is 2.22. The summed E-state index contributed by atoms with van der Waals surface area (Å²) >= 11 is 0. The molecule has 0 saturated heterocycles. The van der Waals surface area contributed by atoms with Crippen LogP contribution in [0.3, 0.4) is 0 Å². The zero-order valence-electron chi connectivity index (χ0n) is 16.0.